The predicted octanol–water partition coefficient (Wildman–Crippen LogP) is -0.686. The van der Waals surface area contributed by atoms with Gasteiger partial charge in [-0.2, -0.15) is 0 Å². The van der Waals surface area contributed by atoms with Crippen molar-refractivity contribution in [3.05, 3.63) is 30.3 Å². The van der Waals surface area contributed by atoms with Crippen LogP contribution < -0.4 is 10.6 Å². The molecule has 1 aliphatic rings. The smallest absolute Gasteiger partial charge is 0.328 e. The van der Waals surface area contributed by atoms with Crippen LogP contribution in [0.25, 0.3) is 0 Å². The van der Waals surface area contributed by atoms with Crippen molar-refractivity contribution in [1.82, 2.24) is 10.6 Å². The first-order valence-electron chi connectivity index (χ1n) is 4.45. The number of para-hydroxylation sites is 1. The third kappa shape index (κ3) is 3.74. The Labute approximate surface area is 95.4 Å². The van der Waals surface area contributed by atoms with Gasteiger partial charge in [0.1, 0.15) is 5.75 Å². The number of amides is 4. The highest BCUT2D eigenvalue weighted by Crippen LogP contribution is 2.02. The van der Waals surface area contributed by atoms with Crippen LogP contribution >= 0.6 is 0 Å². The summed E-state index contributed by atoms with van der Waals surface area (Å²) in [5.41, 5.74) is 0. The largest absolute Gasteiger partial charge is 0.508 e. The molecule has 1 heterocycles. The number of ketones is 1. The number of hydrogen-bond donors (Lipinski definition) is 3. The van der Waals surface area contributed by atoms with E-state index in [1.807, 2.05) is 6.07 Å². The number of carbonyl (C=O) groups excluding carboxylic acids is 4. The molecule has 4 amide bonds. The van der Waals surface area contributed by atoms with Crippen LogP contribution in [0, 0.1) is 0 Å². The fourth-order valence-electron chi connectivity index (χ4n) is 0.882. The fourth-order valence-corrected chi connectivity index (χ4v) is 0.882. The van der Waals surface area contributed by atoms with Gasteiger partial charge in [-0.05, 0) is 12.1 Å². The Kier molecular flexibility index (Phi) is 3.93. The van der Waals surface area contributed by atoms with E-state index in [-0.39, 0.29) is 0 Å². The van der Waals surface area contributed by atoms with Crippen molar-refractivity contribution in [1.29, 1.82) is 0 Å². The summed E-state index contributed by atoms with van der Waals surface area (Å²) in [6.45, 7) is 0. The second-order valence-corrected chi connectivity index (χ2v) is 2.90. The summed E-state index contributed by atoms with van der Waals surface area (Å²) < 4.78 is 0. The van der Waals surface area contributed by atoms with E-state index < -0.39 is 23.6 Å². The number of hydrogen-bond acceptors (Lipinski definition) is 5. The van der Waals surface area contributed by atoms with Crippen LogP contribution in [0.15, 0.2) is 30.3 Å². The normalized spacial score (nSPS) is 14.4. The molecule has 0 atom stereocenters. The number of imide groups is 2. The summed E-state index contributed by atoms with van der Waals surface area (Å²) in [5.74, 6) is -3.30. The summed E-state index contributed by atoms with van der Waals surface area (Å²) in [5, 5.41) is 11.8. The number of barbiturate groups is 1. The molecule has 0 spiro atoms. The molecule has 1 aliphatic heterocycles. The molecule has 1 saturated heterocycles. The third-order valence-electron chi connectivity index (χ3n) is 1.62. The highest BCUT2D eigenvalue weighted by molar-refractivity contribution is 6.66. The second kappa shape index (κ2) is 5.40. The SMILES string of the molecule is O=C1NC(=O)C(=O)C(=O)N1.Oc1ccccc1. The lowest BCUT2D eigenvalue weighted by Gasteiger charge is -2.07. The van der Waals surface area contributed by atoms with Gasteiger partial charge in [-0.1, -0.05) is 18.2 Å². The first-order chi connectivity index (χ1) is 8.00. The van der Waals surface area contributed by atoms with Crippen molar-refractivity contribution in [2.24, 2.45) is 0 Å². The minimum Gasteiger partial charge on any atom is -0.508 e. The van der Waals surface area contributed by atoms with Crippen LogP contribution in [0.1, 0.15) is 0 Å². The van der Waals surface area contributed by atoms with Crippen LogP contribution in [-0.2, 0) is 14.4 Å². The van der Waals surface area contributed by atoms with Gasteiger partial charge in [-0.3, -0.25) is 25.0 Å². The lowest BCUT2D eigenvalue weighted by atomic mass is 10.3. The maximum atomic E-state index is 10.3. The standard InChI is InChI=1S/C6H6O.C4H2N2O4/c7-6-4-2-1-3-5-6;7-1-2(8)5-4(10)6-3(1)9/h1-5,7H;(H2,5,6,8,9,10). The molecule has 0 radical (unpaired) electrons. The molecule has 1 aromatic rings. The molecule has 1 fully saturated rings. The van der Waals surface area contributed by atoms with E-state index in [2.05, 4.69) is 0 Å². The highest BCUT2D eigenvalue weighted by Gasteiger charge is 2.31. The quantitative estimate of drug-likeness (QED) is 0.516. The monoisotopic (exact) mass is 236 g/mol. The summed E-state index contributed by atoms with van der Waals surface area (Å²) >= 11 is 0. The summed E-state index contributed by atoms with van der Waals surface area (Å²) in [6.07, 6.45) is 0. The fraction of sp³-hybridized carbons (Fsp3) is 0. The van der Waals surface area contributed by atoms with Crippen molar-refractivity contribution in [2.45, 2.75) is 0 Å². The molecular weight excluding hydrogens is 228 g/mol. The summed E-state index contributed by atoms with van der Waals surface area (Å²) in [4.78, 5) is 41.1. The number of urea groups is 1. The Bertz CT molecular complexity index is 447. The molecular formula is C10H8N2O5. The second-order valence-electron chi connectivity index (χ2n) is 2.90. The molecule has 88 valence electrons. The minimum atomic E-state index is -1.25. The van der Waals surface area contributed by atoms with Crippen LogP contribution in [-0.4, -0.2) is 28.7 Å². The number of phenols is 1. The molecule has 0 aliphatic carbocycles. The zero-order valence-corrected chi connectivity index (χ0v) is 8.47. The first kappa shape index (κ1) is 12.4. The van der Waals surface area contributed by atoms with E-state index in [0.29, 0.717) is 5.75 Å². The number of phenolic OH excluding ortho intramolecular Hbond substituents is 1. The number of Topliss-reactive ketones (excluding diaryl/α,β-unsaturated/α-hetero) is 1. The van der Waals surface area contributed by atoms with Crippen LogP contribution in [0.4, 0.5) is 4.79 Å². The predicted molar refractivity (Wildman–Crippen MR) is 54.8 cm³/mol. The van der Waals surface area contributed by atoms with E-state index in [4.69, 9.17) is 5.11 Å². The number of benzene rings is 1. The van der Waals surface area contributed by atoms with E-state index in [9.17, 15) is 19.2 Å². The highest BCUT2D eigenvalue weighted by atomic mass is 16.3. The Balaban J connectivity index is 0.000000181. The number of rotatable bonds is 0. The molecule has 3 N–H and O–H groups in total. The van der Waals surface area contributed by atoms with E-state index in [1.54, 1.807) is 34.9 Å². The van der Waals surface area contributed by atoms with Gasteiger partial charge in [0.2, 0.25) is 0 Å². The average molecular weight is 236 g/mol. The molecule has 0 aromatic heterocycles. The zero-order valence-electron chi connectivity index (χ0n) is 8.47. The maximum absolute atomic E-state index is 10.3. The Morgan fingerprint density at radius 3 is 1.65 bits per heavy atom. The molecule has 7 nitrogen and oxygen atoms in total. The Hall–Kier alpha value is -2.70. The van der Waals surface area contributed by atoms with Gasteiger partial charge in [0.15, 0.2) is 0 Å². The molecule has 0 saturated carbocycles. The summed E-state index contributed by atoms with van der Waals surface area (Å²) in [6, 6.07) is 7.75. The molecule has 17 heavy (non-hydrogen) atoms. The van der Waals surface area contributed by atoms with Crippen molar-refractivity contribution in [3.8, 4) is 5.75 Å². The number of nitrogens with one attached hydrogen (secondary N) is 2. The molecule has 2 rings (SSSR count). The molecule has 1 aromatic carbocycles. The van der Waals surface area contributed by atoms with Crippen LogP contribution in [0.3, 0.4) is 0 Å². The van der Waals surface area contributed by atoms with Gasteiger partial charge in [-0.15, -0.1) is 0 Å². The maximum Gasteiger partial charge on any atom is 0.328 e. The molecule has 0 bridgehead atoms. The average Bonchev–Trinajstić information content (AvgIpc) is 2.27. The van der Waals surface area contributed by atoms with Crippen molar-refractivity contribution in [2.75, 3.05) is 0 Å². The third-order valence-corrected chi connectivity index (χ3v) is 1.62. The lowest BCUT2D eigenvalue weighted by molar-refractivity contribution is -0.146. The van der Waals surface area contributed by atoms with Gasteiger partial charge in [0.05, 0.1) is 0 Å². The Morgan fingerprint density at radius 2 is 1.29 bits per heavy atom. The Morgan fingerprint density at radius 1 is 0.824 bits per heavy atom. The zero-order chi connectivity index (χ0) is 12.8. The van der Waals surface area contributed by atoms with Gasteiger partial charge >= 0.3 is 23.6 Å². The molecule has 0 unspecified atom stereocenters. The number of carbonyl (C=O) groups is 4. The van der Waals surface area contributed by atoms with Crippen LogP contribution in [0.5, 0.6) is 5.75 Å². The van der Waals surface area contributed by atoms with Crippen LogP contribution in [0.2, 0.25) is 0 Å². The van der Waals surface area contributed by atoms with Gasteiger partial charge in [0, 0.05) is 0 Å². The van der Waals surface area contributed by atoms with E-state index in [0.717, 1.165) is 0 Å². The minimum absolute atomic E-state index is 0.322. The van der Waals surface area contributed by atoms with Crippen molar-refractivity contribution >= 4 is 23.6 Å². The van der Waals surface area contributed by atoms with Gasteiger partial charge < -0.3 is 5.11 Å². The lowest BCUT2D eigenvalue weighted by Crippen LogP contribution is -2.56. The van der Waals surface area contributed by atoms with Gasteiger partial charge in [0.25, 0.3) is 0 Å². The van der Waals surface area contributed by atoms with Crippen molar-refractivity contribution in [3.63, 3.8) is 0 Å². The number of aromatic hydroxyl groups is 1. The summed E-state index contributed by atoms with van der Waals surface area (Å²) in [7, 11) is 0. The van der Waals surface area contributed by atoms with E-state index in [1.165, 1.54) is 0 Å². The van der Waals surface area contributed by atoms with E-state index >= 15 is 0 Å². The molecule has 7 heteroatoms. The van der Waals surface area contributed by atoms with Crippen molar-refractivity contribution < 1.29 is 24.3 Å². The van der Waals surface area contributed by atoms with Gasteiger partial charge in [-0.25, -0.2) is 4.79 Å². The topological polar surface area (TPSA) is 113 Å². The first-order valence-corrected chi connectivity index (χ1v) is 4.45.